The molecule has 0 radical (unpaired) electrons. The van der Waals surface area contributed by atoms with Crippen molar-refractivity contribution in [3.05, 3.63) is 41.7 Å². The number of nitrogens with two attached hydrogens (primary N) is 2. The van der Waals surface area contributed by atoms with Crippen molar-refractivity contribution in [2.24, 2.45) is 12.8 Å². The SMILES string of the molecule is Cn1ncc(NC(=O)c2nc(-c3c(F)cccc3F)sc2N)c1N1CC[C@@H](N)[C@@H](O)CC1. The van der Waals surface area contributed by atoms with Crippen LogP contribution < -0.4 is 21.7 Å². The lowest BCUT2D eigenvalue weighted by atomic mass is 10.1. The number of carbonyl (C=O) groups excluding carboxylic acids is 1. The Morgan fingerprint density at radius 2 is 1.97 bits per heavy atom. The van der Waals surface area contributed by atoms with Crippen molar-refractivity contribution < 1.29 is 18.7 Å². The van der Waals surface area contributed by atoms with Crippen molar-refractivity contribution >= 4 is 33.8 Å². The molecule has 0 bridgehead atoms. The summed E-state index contributed by atoms with van der Waals surface area (Å²) in [5, 5.41) is 17.0. The van der Waals surface area contributed by atoms with Gasteiger partial charge in [0.1, 0.15) is 27.3 Å². The number of nitrogens with zero attached hydrogens (tertiary/aromatic N) is 4. The number of amides is 1. The Morgan fingerprint density at radius 1 is 1.28 bits per heavy atom. The number of aliphatic hydroxyl groups is 1. The molecule has 0 unspecified atom stereocenters. The van der Waals surface area contributed by atoms with Gasteiger partial charge in [-0.1, -0.05) is 17.4 Å². The van der Waals surface area contributed by atoms with E-state index in [1.165, 1.54) is 12.3 Å². The van der Waals surface area contributed by atoms with Crippen LogP contribution in [-0.4, -0.2) is 51.0 Å². The van der Waals surface area contributed by atoms with Gasteiger partial charge in [-0.05, 0) is 25.0 Å². The average molecular weight is 464 g/mol. The predicted octanol–water partition coefficient (Wildman–Crippen LogP) is 1.94. The largest absolute Gasteiger partial charge is 0.391 e. The molecule has 32 heavy (non-hydrogen) atoms. The second-order valence-corrected chi connectivity index (χ2v) is 8.61. The zero-order chi connectivity index (χ0) is 23.0. The van der Waals surface area contributed by atoms with Gasteiger partial charge in [0.05, 0.1) is 17.9 Å². The Morgan fingerprint density at radius 3 is 2.69 bits per heavy atom. The molecular formula is C20H23F2N7O2S. The lowest BCUT2D eigenvalue weighted by Gasteiger charge is -2.24. The molecule has 1 fully saturated rings. The molecule has 1 amide bonds. The highest BCUT2D eigenvalue weighted by Crippen LogP contribution is 2.34. The number of nitrogen functional groups attached to an aromatic ring is 1. The third-order valence-electron chi connectivity index (χ3n) is 5.42. The van der Waals surface area contributed by atoms with E-state index in [1.54, 1.807) is 11.7 Å². The number of rotatable bonds is 4. The van der Waals surface area contributed by atoms with E-state index in [2.05, 4.69) is 15.4 Å². The highest BCUT2D eigenvalue weighted by Gasteiger charge is 2.27. The average Bonchev–Trinajstić information content (AvgIpc) is 3.25. The standard InChI is InChI=1S/C20H23F2N7O2S/c1-28-20(29-7-5-12(23)14(30)6-8-29)13(9-25-28)26-18(31)16-17(24)32-19(27-16)15-10(21)3-2-4-11(15)22/h2-4,9,12,14,30H,5-8,23-24H2,1H3,(H,26,31)/t12-,14+/m1/s1. The van der Waals surface area contributed by atoms with E-state index in [1.807, 2.05) is 4.90 Å². The molecule has 3 aromatic rings. The van der Waals surface area contributed by atoms with Gasteiger partial charge in [-0.15, -0.1) is 0 Å². The molecule has 4 rings (SSSR count). The number of aliphatic hydroxyl groups excluding tert-OH is 1. The molecule has 1 aliphatic heterocycles. The summed E-state index contributed by atoms with van der Waals surface area (Å²) in [6, 6.07) is 3.15. The fourth-order valence-corrected chi connectivity index (χ4v) is 4.58. The fourth-order valence-electron chi connectivity index (χ4n) is 3.70. The number of thiazole rings is 1. The molecule has 1 aliphatic rings. The van der Waals surface area contributed by atoms with E-state index >= 15 is 0 Å². The number of halogens is 2. The molecule has 0 spiro atoms. The van der Waals surface area contributed by atoms with E-state index < -0.39 is 23.6 Å². The van der Waals surface area contributed by atoms with Crippen LogP contribution in [-0.2, 0) is 7.05 Å². The van der Waals surface area contributed by atoms with Gasteiger partial charge in [0.15, 0.2) is 11.5 Å². The summed E-state index contributed by atoms with van der Waals surface area (Å²) in [4.78, 5) is 19.0. The fraction of sp³-hybridized carbons (Fsp3) is 0.350. The van der Waals surface area contributed by atoms with E-state index in [9.17, 15) is 18.7 Å². The molecular weight excluding hydrogens is 440 g/mol. The van der Waals surface area contributed by atoms with E-state index in [4.69, 9.17) is 11.5 Å². The van der Waals surface area contributed by atoms with Crippen molar-refractivity contribution in [1.29, 1.82) is 0 Å². The smallest absolute Gasteiger partial charge is 0.277 e. The van der Waals surface area contributed by atoms with Crippen LogP contribution in [0.2, 0.25) is 0 Å². The first-order chi connectivity index (χ1) is 15.3. The summed E-state index contributed by atoms with van der Waals surface area (Å²) in [5.74, 6) is -1.56. The summed E-state index contributed by atoms with van der Waals surface area (Å²) < 4.78 is 29.8. The van der Waals surface area contributed by atoms with Crippen LogP contribution in [0.1, 0.15) is 23.3 Å². The Hall–Kier alpha value is -3.09. The summed E-state index contributed by atoms with van der Waals surface area (Å²) in [6.07, 6.45) is 1.96. The second-order valence-electron chi connectivity index (χ2n) is 7.58. The molecule has 2 atom stereocenters. The minimum absolute atomic E-state index is 0.0230. The third kappa shape index (κ3) is 4.16. The number of aryl methyl sites for hydroxylation is 1. The normalized spacial score (nSPS) is 19.1. The minimum Gasteiger partial charge on any atom is -0.391 e. The number of aromatic nitrogens is 3. The van der Waals surface area contributed by atoms with Crippen LogP contribution >= 0.6 is 11.3 Å². The maximum atomic E-state index is 14.1. The number of anilines is 3. The molecule has 1 saturated heterocycles. The van der Waals surface area contributed by atoms with Crippen LogP contribution in [0.25, 0.3) is 10.6 Å². The topological polar surface area (TPSA) is 135 Å². The number of carbonyl (C=O) groups is 1. The van der Waals surface area contributed by atoms with Gasteiger partial charge in [0.25, 0.3) is 5.91 Å². The van der Waals surface area contributed by atoms with E-state index in [0.29, 0.717) is 37.4 Å². The Kier molecular flexibility index (Phi) is 6.09. The van der Waals surface area contributed by atoms with Crippen LogP contribution in [0, 0.1) is 11.6 Å². The van der Waals surface area contributed by atoms with Gasteiger partial charge in [-0.3, -0.25) is 9.48 Å². The number of hydrogen-bond donors (Lipinski definition) is 4. The summed E-state index contributed by atoms with van der Waals surface area (Å²) >= 11 is 0.828. The minimum atomic E-state index is -0.790. The highest BCUT2D eigenvalue weighted by molar-refractivity contribution is 7.19. The van der Waals surface area contributed by atoms with Crippen LogP contribution in [0.15, 0.2) is 24.4 Å². The third-order valence-corrected chi connectivity index (χ3v) is 6.32. The number of nitrogens with one attached hydrogen (secondary N) is 1. The van der Waals surface area contributed by atoms with E-state index in [-0.39, 0.29) is 27.3 Å². The molecule has 1 aromatic carbocycles. The van der Waals surface area contributed by atoms with Crippen LogP contribution in [0.5, 0.6) is 0 Å². The molecule has 0 aliphatic carbocycles. The van der Waals surface area contributed by atoms with Crippen LogP contribution in [0.4, 0.5) is 25.3 Å². The van der Waals surface area contributed by atoms with Gasteiger partial charge in [-0.25, -0.2) is 13.8 Å². The molecule has 6 N–H and O–H groups in total. The van der Waals surface area contributed by atoms with Gasteiger partial charge in [-0.2, -0.15) is 5.10 Å². The van der Waals surface area contributed by atoms with Gasteiger partial charge < -0.3 is 26.8 Å². The molecule has 170 valence electrons. The Balaban J connectivity index is 1.59. The maximum Gasteiger partial charge on any atom is 0.277 e. The Bertz CT molecular complexity index is 1120. The first-order valence-corrected chi connectivity index (χ1v) is 10.8. The lowest BCUT2D eigenvalue weighted by Crippen LogP contribution is -2.34. The van der Waals surface area contributed by atoms with Crippen molar-refractivity contribution in [1.82, 2.24) is 14.8 Å². The maximum absolute atomic E-state index is 14.1. The van der Waals surface area contributed by atoms with E-state index in [0.717, 1.165) is 23.5 Å². The molecule has 9 nitrogen and oxygen atoms in total. The predicted molar refractivity (Wildman–Crippen MR) is 118 cm³/mol. The zero-order valence-electron chi connectivity index (χ0n) is 17.3. The van der Waals surface area contributed by atoms with Crippen LogP contribution in [0.3, 0.4) is 0 Å². The molecule has 0 saturated carbocycles. The summed E-state index contributed by atoms with van der Waals surface area (Å²) in [7, 11) is 1.74. The molecule has 12 heteroatoms. The Labute approximate surface area is 186 Å². The van der Waals surface area contributed by atoms with Gasteiger partial charge in [0.2, 0.25) is 0 Å². The summed E-state index contributed by atoms with van der Waals surface area (Å²) in [5.41, 5.74) is 11.9. The summed E-state index contributed by atoms with van der Waals surface area (Å²) in [6.45, 7) is 1.11. The number of hydrogen-bond acceptors (Lipinski definition) is 8. The quantitative estimate of drug-likeness (QED) is 0.464. The van der Waals surface area contributed by atoms with Crippen molar-refractivity contribution in [3.63, 3.8) is 0 Å². The van der Waals surface area contributed by atoms with Crippen molar-refractivity contribution in [2.45, 2.75) is 25.0 Å². The zero-order valence-corrected chi connectivity index (χ0v) is 18.1. The first-order valence-electron chi connectivity index (χ1n) is 9.99. The van der Waals surface area contributed by atoms with Crippen molar-refractivity contribution in [2.75, 3.05) is 29.0 Å². The second kappa shape index (κ2) is 8.81. The van der Waals surface area contributed by atoms with Gasteiger partial charge >= 0.3 is 0 Å². The number of benzene rings is 1. The lowest BCUT2D eigenvalue weighted by molar-refractivity contribution is 0.102. The first kappa shape index (κ1) is 22.1. The highest BCUT2D eigenvalue weighted by atomic mass is 32.1. The van der Waals surface area contributed by atoms with Crippen molar-refractivity contribution in [3.8, 4) is 10.6 Å². The molecule has 2 aromatic heterocycles. The molecule has 3 heterocycles. The monoisotopic (exact) mass is 463 g/mol. The van der Waals surface area contributed by atoms with Gasteiger partial charge in [0, 0.05) is 26.2 Å².